The van der Waals surface area contributed by atoms with Crippen LogP contribution >= 0.6 is 0 Å². The van der Waals surface area contributed by atoms with Crippen molar-refractivity contribution < 1.29 is 0 Å². The highest BCUT2D eigenvalue weighted by Gasteiger charge is 2.25. The lowest BCUT2D eigenvalue weighted by atomic mass is 10.2. The Morgan fingerprint density at radius 2 is 2.16 bits per heavy atom. The Kier molecular flexibility index (Phi) is 4.75. The molecule has 0 spiro atoms. The number of aryl methyl sites for hydroxylation is 2. The molecule has 4 heteroatoms. The molecule has 19 heavy (non-hydrogen) atoms. The average Bonchev–Trinajstić information content (AvgIpc) is 2.80. The van der Waals surface area contributed by atoms with Gasteiger partial charge in [-0.2, -0.15) is 0 Å². The molecule has 1 saturated heterocycles. The van der Waals surface area contributed by atoms with Crippen LogP contribution in [0.5, 0.6) is 0 Å². The summed E-state index contributed by atoms with van der Waals surface area (Å²) >= 11 is 0. The summed E-state index contributed by atoms with van der Waals surface area (Å²) < 4.78 is 0. The number of nitrogens with one attached hydrogen (secondary N) is 1. The second kappa shape index (κ2) is 6.33. The van der Waals surface area contributed by atoms with Crippen LogP contribution in [-0.4, -0.2) is 35.6 Å². The first-order valence-electron chi connectivity index (χ1n) is 7.35. The van der Waals surface area contributed by atoms with E-state index in [4.69, 9.17) is 0 Å². The number of hydrogen-bond donors (Lipinski definition) is 1. The second-order valence-corrected chi connectivity index (χ2v) is 5.94. The number of hydrogen-bond acceptors (Lipinski definition) is 4. The zero-order valence-corrected chi connectivity index (χ0v) is 12.6. The Morgan fingerprint density at radius 3 is 2.84 bits per heavy atom. The predicted molar refractivity (Wildman–Crippen MR) is 79.6 cm³/mol. The lowest BCUT2D eigenvalue weighted by Gasteiger charge is -2.26. The van der Waals surface area contributed by atoms with Crippen molar-refractivity contribution in [1.82, 2.24) is 15.3 Å². The van der Waals surface area contributed by atoms with E-state index >= 15 is 0 Å². The maximum atomic E-state index is 4.68. The largest absolute Gasteiger partial charge is 0.351 e. The molecule has 1 unspecified atom stereocenters. The number of aromatic nitrogens is 2. The normalized spacial score (nSPS) is 19.4. The molecule has 1 aromatic rings. The van der Waals surface area contributed by atoms with Gasteiger partial charge in [0.1, 0.15) is 5.82 Å². The summed E-state index contributed by atoms with van der Waals surface area (Å²) in [7, 11) is 0. The van der Waals surface area contributed by atoms with Gasteiger partial charge in [0.25, 0.3) is 0 Å². The molecule has 0 aromatic carbocycles. The van der Waals surface area contributed by atoms with Gasteiger partial charge in [0, 0.05) is 19.1 Å². The fourth-order valence-electron chi connectivity index (χ4n) is 2.56. The standard InChI is InChI=1S/C15H26N4/c1-11(2)8-16-9-14-6-5-7-19(14)15-10-17-12(3)13(4)18-15/h10-11,14,16H,5-9H2,1-4H3. The van der Waals surface area contributed by atoms with Crippen LogP contribution in [0.4, 0.5) is 5.82 Å². The fraction of sp³-hybridized carbons (Fsp3) is 0.733. The summed E-state index contributed by atoms with van der Waals surface area (Å²) in [6, 6.07) is 0.565. The molecule has 1 N–H and O–H groups in total. The Morgan fingerprint density at radius 1 is 1.37 bits per heavy atom. The zero-order chi connectivity index (χ0) is 13.8. The quantitative estimate of drug-likeness (QED) is 0.884. The van der Waals surface area contributed by atoms with Gasteiger partial charge in [-0.1, -0.05) is 13.8 Å². The second-order valence-electron chi connectivity index (χ2n) is 5.94. The Hall–Kier alpha value is -1.16. The summed E-state index contributed by atoms with van der Waals surface area (Å²) in [5.41, 5.74) is 2.07. The molecule has 4 nitrogen and oxygen atoms in total. The topological polar surface area (TPSA) is 41.1 Å². The van der Waals surface area contributed by atoms with Gasteiger partial charge < -0.3 is 10.2 Å². The molecule has 2 heterocycles. The maximum absolute atomic E-state index is 4.68. The number of nitrogens with zero attached hydrogens (tertiary/aromatic N) is 3. The molecule has 1 fully saturated rings. The number of anilines is 1. The van der Waals surface area contributed by atoms with Gasteiger partial charge in [0.2, 0.25) is 0 Å². The molecule has 106 valence electrons. The van der Waals surface area contributed by atoms with E-state index < -0.39 is 0 Å². The first kappa shape index (κ1) is 14.3. The number of rotatable bonds is 5. The monoisotopic (exact) mass is 262 g/mol. The highest BCUT2D eigenvalue weighted by molar-refractivity contribution is 5.40. The third-order valence-corrected chi connectivity index (χ3v) is 3.78. The lowest BCUT2D eigenvalue weighted by Crippen LogP contribution is -2.39. The average molecular weight is 262 g/mol. The van der Waals surface area contributed by atoms with Gasteiger partial charge in [-0.25, -0.2) is 4.98 Å². The molecule has 0 radical (unpaired) electrons. The minimum atomic E-state index is 0.565. The Labute approximate surface area is 116 Å². The van der Waals surface area contributed by atoms with Crippen molar-refractivity contribution in [3.63, 3.8) is 0 Å². The van der Waals surface area contributed by atoms with Crippen LogP contribution in [0.25, 0.3) is 0 Å². The summed E-state index contributed by atoms with van der Waals surface area (Å²) in [6.07, 6.45) is 4.42. The van der Waals surface area contributed by atoms with Gasteiger partial charge >= 0.3 is 0 Å². The van der Waals surface area contributed by atoms with Gasteiger partial charge in [-0.15, -0.1) is 0 Å². The SMILES string of the molecule is Cc1ncc(N2CCCC2CNCC(C)C)nc1C. The van der Waals surface area contributed by atoms with Crippen molar-refractivity contribution in [2.45, 2.75) is 46.6 Å². The Bertz CT molecular complexity index is 417. The lowest BCUT2D eigenvalue weighted by molar-refractivity contribution is 0.511. The summed E-state index contributed by atoms with van der Waals surface area (Å²) in [4.78, 5) is 11.5. The van der Waals surface area contributed by atoms with Crippen LogP contribution < -0.4 is 10.2 Å². The van der Waals surface area contributed by atoms with Gasteiger partial charge in [-0.05, 0) is 39.2 Å². The van der Waals surface area contributed by atoms with E-state index in [0.29, 0.717) is 12.0 Å². The zero-order valence-electron chi connectivity index (χ0n) is 12.6. The predicted octanol–water partition coefficient (Wildman–Crippen LogP) is 2.31. The summed E-state index contributed by atoms with van der Waals surface area (Å²) in [6.45, 7) is 11.8. The third kappa shape index (κ3) is 3.66. The Balaban J connectivity index is 1.99. The molecule has 1 atom stereocenters. The van der Waals surface area contributed by atoms with Crippen molar-refractivity contribution in [2.24, 2.45) is 5.92 Å². The van der Waals surface area contributed by atoms with Crippen molar-refractivity contribution >= 4 is 5.82 Å². The van der Waals surface area contributed by atoms with Crippen LogP contribution in [0.2, 0.25) is 0 Å². The fourth-order valence-corrected chi connectivity index (χ4v) is 2.56. The summed E-state index contributed by atoms with van der Waals surface area (Å²) in [5.74, 6) is 1.74. The van der Waals surface area contributed by atoms with E-state index in [9.17, 15) is 0 Å². The van der Waals surface area contributed by atoms with Crippen LogP contribution in [-0.2, 0) is 0 Å². The van der Waals surface area contributed by atoms with Crippen LogP contribution in [0.3, 0.4) is 0 Å². The molecule has 0 amide bonds. The molecule has 1 aliphatic rings. The van der Waals surface area contributed by atoms with Crippen molar-refractivity contribution in [2.75, 3.05) is 24.5 Å². The molecule has 2 rings (SSSR count). The molecular weight excluding hydrogens is 236 g/mol. The third-order valence-electron chi connectivity index (χ3n) is 3.78. The first-order valence-corrected chi connectivity index (χ1v) is 7.35. The molecule has 0 saturated carbocycles. The van der Waals surface area contributed by atoms with Crippen molar-refractivity contribution in [3.8, 4) is 0 Å². The van der Waals surface area contributed by atoms with Crippen molar-refractivity contribution in [1.29, 1.82) is 0 Å². The van der Waals surface area contributed by atoms with E-state index in [2.05, 4.69) is 34.0 Å². The highest BCUT2D eigenvalue weighted by Crippen LogP contribution is 2.23. The van der Waals surface area contributed by atoms with Gasteiger partial charge in [0.05, 0.1) is 17.6 Å². The summed E-state index contributed by atoms with van der Waals surface area (Å²) in [5, 5.41) is 3.56. The molecular formula is C15H26N4. The van der Waals surface area contributed by atoms with E-state index in [1.54, 1.807) is 0 Å². The van der Waals surface area contributed by atoms with E-state index in [1.165, 1.54) is 12.8 Å². The first-order chi connectivity index (χ1) is 9.08. The molecule has 1 aromatic heterocycles. The van der Waals surface area contributed by atoms with Gasteiger partial charge in [0.15, 0.2) is 0 Å². The molecule has 0 aliphatic carbocycles. The van der Waals surface area contributed by atoms with E-state index in [0.717, 1.165) is 36.8 Å². The minimum Gasteiger partial charge on any atom is -0.351 e. The smallest absolute Gasteiger partial charge is 0.147 e. The van der Waals surface area contributed by atoms with E-state index in [1.807, 2.05) is 20.0 Å². The highest BCUT2D eigenvalue weighted by atomic mass is 15.2. The molecule has 1 aliphatic heterocycles. The van der Waals surface area contributed by atoms with Gasteiger partial charge in [-0.3, -0.25) is 4.98 Å². The van der Waals surface area contributed by atoms with Crippen LogP contribution in [0.1, 0.15) is 38.1 Å². The maximum Gasteiger partial charge on any atom is 0.147 e. The molecule has 0 bridgehead atoms. The van der Waals surface area contributed by atoms with E-state index in [-0.39, 0.29) is 0 Å². The minimum absolute atomic E-state index is 0.565. The van der Waals surface area contributed by atoms with Crippen LogP contribution in [0, 0.1) is 19.8 Å². The van der Waals surface area contributed by atoms with Crippen LogP contribution in [0.15, 0.2) is 6.20 Å². The van der Waals surface area contributed by atoms with Crippen molar-refractivity contribution in [3.05, 3.63) is 17.6 Å².